The highest BCUT2D eigenvalue weighted by Crippen LogP contribution is 2.17. The zero-order valence-corrected chi connectivity index (χ0v) is 11.0. The number of rotatable bonds is 3. The number of benzene rings is 2. The molecule has 0 aliphatic heterocycles. The SMILES string of the molecule is O=C(Cc1cccc(F)c1F)c1ccc2ncccc2c1. The first-order valence-electron chi connectivity index (χ1n) is 6.46. The first-order valence-corrected chi connectivity index (χ1v) is 6.46. The van der Waals surface area contributed by atoms with Gasteiger partial charge in [-0.05, 0) is 35.9 Å². The molecular formula is C17H11F2NO. The number of hydrogen-bond donors (Lipinski definition) is 0. The maximum atomic E-state index is 13.6. The molecule has 0 bridgehead atoms. The summed E-state index contributed by atoms with van der Waals surface area (Å²) in [7, 11) is 0. The Morgan fingerprint density at radius 1 is 1.05 bits per heavy atom. The average Bonchev–Trinajstić information content (AvgIpc) is 2.51. The lowest BCUT2D eigenvalue weighted by atomic mass is 10.0. The Kier molecular flexibility index (Phi) is 3.44. The molecule has 0 aliphatic rings. The predicted molar refractivity (Wildman–Crippen MR) is 76.1 cm³/mol. The Bertz CT molecular complexity index is 830. The molecule has 0 fully saturated rings. The number of fused-ring (bicyclic) bond motifs is 1. The summed E-state index contributed by atoms with van der Waals surface area (Å²) in [6.07, 6.45) is 1.50. The van der Waals surface area contributed by atoms with Crippen molar-refractivity contribution in [2.24, 2.45) is 0 Å². The van der Waals surface area contributed by atoms with Crippen LogP contribution in [0.5, 0.6) is 0 Å². The van der Waals surface area contributed by atoms with E-state index in [0.29, 0.717) is 5.56 Å². The Labute approximate surface area is 120 Å². The van der Waals surface area contributed by atoms with E-state index in [1.54, 1.807) is 30.5 Å². The molecular weight excluding hydrogens is 272 g/mol. The number of pyridine rings is 1. The van der Waals surface area contributed by atoms with Gasteiger partial charge < -0.3 is 0 Å². The number of nitrogens with zero attached hydrogens (tertiary/aromatic N) is 1. The molecule has 21 heavy (non-hydrogen) atoms. The van der Waals surface area contributed by atoms with Gasteiger partial charge in [0.15, 0.2) is 17.4 Å². The minimum atomic E-state index is -0.965. The molecule has 0 atom stereocenters. The van der Waals surface area contributed by atoms with Gasteiger partial charge in [0.05, 0.1) is 5.52 Å². The van der Waals surface area contributed by atoms with Crippen LogP contribution in [0.15, 0.2) is 54.7 Å². The zero-order chi connectivity index (χ0) is 14.8. The van der Waals surface area contributed by atoms with Crippen molar-refractivity contribution in [1.82, 2.24) is 4.98 Å². The van der Waals surface area contributed by atoms with Crippen molar-refractivity contribution in [3.05, 3.63) is 77.5 Å². The maximum absolute atomic E-state index is 13.6. The van der Waals surface area contributed by atoms with Crippen LogP contribution in [0.25, 0.3) is 10.9 Å². The molecule has 104 valence electrons. The normalized spacial score (nSPS) is 10.8. The number of carbonyl (C=O) groups is 1. The largest absolute Gasteiger partial charge is 0.294 e. The molecule has 0 saturated heterocycles. The van der Waals surface area contributed by atoms with Gasteiger partial charge in [-0.25, -0.2) is 8.78 Å². The Hall–Kier alpha value is -2.62. The second-order valence-electron chi connectivity index (χ2n) is 4.72. The van der Waals surface area contributed by atoms with Gasteiger partial charge in [0.25, 0.3) is 0 Å². The van der Waals surface area contributed by atoms with Gasteiger partial charge in [0.2, 0.25) is 0 Å². The van der Waals surface area contributed by atoms with Crippen molar-refractivity contribution in [2.75, 3.05) is 0 Å². The third-order valence-corrected chi connectivity index (χ3v) is 3.31. The third kappa shape index (κ3) is 2.65. The fourth-order valence-corrected chi connectivity index (χ4v) is 2.21. The van der Waals surface area contributed by atoms with Gasteiger partial charge in [-0.2, -0.15) is 0 Å². The van der Waals surface area contributed by atoms with Gasteiger partial charge >= 0.3 is 0 Å². The number of aromatic nitrogens is 1. The molecule has 0 unspecified atom stereocenters. The molecule has 0 spiro atoms. The van der Waals surface area contributed by atoms with Crippen LogP contribution in [-0.4, -0.2) is 10.8 Å². The van der Waals surface area contributed by atoms with E-state index in [9.17, 15) is 13.6 Å². The fourth-order valence-electron chi connectivity index (χ4n) is 2.21. The molecule has 4 heteroatoms. The summed E-state index contributed by atoms with van der Waals surface area (Å²) in [4.78, 5) is 16.4. The maximum Gasteiger partial charge on any atom is 0.167 e. The van der Waals surface area contributed by atoms with E-state index in [1.165, 1.54) is 12.1 Å². The summed E-state index contributed by atoms with van der Waals surface area (Å²) < 4.78 is 26.7. The fraction of sp³-hybridized carbons (Fsp3) is 0.0588. The molecule has 0 saturated carbocycles. The number of carbonyl (C=O) groups excluding carboxylic acids is 1. The van der Waals surface area contributed by atoms with E-state index in [2.05, 4.69) is 4.98 Å². The molecule has 2 nitrogen and oxygen atoms in total. The summed E-state index contributed by atoms with van der Waals surface area (Å²) in [5.41, 5.74) is 1.30. The molecule has 1 aromatic heterocycles. The van der Waals surface area contributed by atoms with Crippen molar-refractivity contribution in [3.63, 3.8) is 0 Å². The predicted octanol–water partition coefficient (Wildman–Crippen LogP) is 3.94. The topological polar surface area (TPSA) is 30.0 Å². The second kappa shape index (κ2) is 5.40. The van der Waals surface area contributed by atoms with Crippen molar-refractivity contribution in [1.29, 1.82) is 0 Å². The minimum absolute atomic E-state index is 0.0614. The third-order valence-electron chi connectivity index (χ3n) is 3.31. The lowest BCUT2D eigenvalue weighted by molar-refractivity contribution is 0.0992. The van der Waals surface area contributed by atoms with E-state index in [1.807, 2.05) is 6.07 Å². The van der Waals surface area contributed by atoms with Crippen molar-refractivity contribution >= 4 is 16.7 Å². The number of ketones is 1. The monoisotopic (exact) mass is 283 g/mol. The molecule has 3 aromatic rings. The first-order chi connectivity index (χ1) is 10.1. The Balaban J connectivity index is 1.91. The van der Waals surface area contributed by atoms with Gasteiger partial charge in [-0.15, -0.1) is 0 Å². The van der Waals surface area contributed by atoms with Crippen molar-refractivity contribution in [2.45, 2.75) is 6.42 Å². The summed E-state index contributed by atoms with van der Waals surface area (Å²) >= 11 is 0. The second-order valence-corrected chi connectivity index (χ2v) is 4.72. The minimum Gasteiger partial charge on any atom is -0.294 e. The van der Waals surface area contributed by atoms with Gasteiger partial charge in [0.1, 0.15) is 0 Å². The van der Waals surface area contributed by atoms with Crippen LogP contribution >= 0.6 is 0 Å². The molecule has 2 aromatic carbocycles. The molecule has 3 rings (SSSR count). The van der Waals surface area contributed by atoms with Crippen LogP contribution < -0.4 is 0 Å². The summed E-state index contributed by atoms with van der Waals surface area (Å²) in [6, 6.07) is 12.6. The number of Topliss-reactive ketones (excluding diaryl/α,β-unsaturated/α-hetero) is 1. The van der Waals surface area contributed by atoms with E-state index in [4.69, 9.17) is 0 Å². The van der Waals surface area contributed by atoms with Crippen LogP contribution in [0.1, 0.15) is 15.9 Å². The molecule has 0 amide bonds. The molecule has 1 heterocycles. The van der Waals surface area contributed by atoms with Crippen molar-refractivity contribution in [3.8, 4) is 0 Å². The smallest absolute Gasteiger partial charge is 0.167 e. The summed E-state index contributed by atoms with van der Waals surface area (Å²) in [5.74, 6) is -2.17. The average molecular weight is 283 g/mol. The van der Waals surface area contributed by atoms with Crippen LogP contribution in [0, 0.1) is 11.6 Å². The van der Waals surface area contributed by atoms with E-state index < -0.39 is 11.6 Å². The highest BCUT2D eigenvalue weighted by Gasteiger charge is 2.13. The van der Waals surface area contributed by atoms with Crippen LogP contribution in [0.4, 0.5) is 8.78 Å². The van der Waals surface area contributed by atoms with Crippen molar-refractivity contribution < 1.29 is 13.6 Å². The number of halogens is 2. The summed E-state index contributed by atoms with van der Waals surface area (Å²) in [5, 5.41) is 0.836. The van der Waals surface area contributed by atoms with Crippen LogP contribution in [0.3, 0.4) is 0 Å². The zero-order valence-electron chi connectivity index (χ0n) is 11.0. The lowest BCUT2D eigenvalue weighted by Crippen LogP contribution is -2.06. The quantitative estimate of drug-likeness (QED) is 0.681. The first kappa shape index (κ1) is 13.4. The lowest BCUT2D eigenvalue weighted by Gasteiger charge is -2.05. The number of hydrogen-bond acceptors (Lipinski definition) is 2. The van der Waals surface area contributed by atoms with Gasteiger partial charge in [0, 0.05) is 23.6 Å². The van der Waals surface area contributed by atoms with Gasteiger partial charge in [-0.3, -0.25) is 9.78 Å². The van der Waals surface area contributed by atoms with Gasteiger partial charge in [-0.1, -0.05) is 18.2 Å². The van der Waals surface area contributed by atoms with E-state index >= 15 is 0 Å². The molecule has 0 aliphatic carbocycles. The Morgan fingerprint density at radius 2 is 1.90 bits per heavy atom. The van der Waals surface area contributed by atoms with E-state index in [0.717, 1.165) is 17.0 Å². The highest BCUT2D eigenvalue weighted by atomic mass is 19.2. The molecule has 0 N–H and O–H groups in total. The molecule has 0 radical (unpaired) electrons. The van der Waals surface area contributed by atoms with E-state index in [-0.39, 0.29) is 17.8 Å². The van der Waals surface area contributed by atoms with Crippen LogP contribution in [-0.2, 0) is 6.42 Å². The Morgan fingerprint density at radius 3 is 2.76 bits per heavy atom. The highest BCUT2D eigenvalue weighted by molar-refractivity contribution is 6.00. The van der Waals surface area contributed by atoms with Crippen LogP contribution in [0.2, 0.25) is 0 Å². The summed E-state index contributed by atoms with van der Waals surface area (Å²) in [6.45, 7) is 0. The standard InChI is InChI=1S/C17H11F2NO/c18-14-5-1-3-13(17(14)19)10-16(21)12-6-7-15-11(9-12)4-2-8-20-15/h1-9H,10H2.